The minimum Gasteiger partial charge on any atom is -0.391 e. The first-order valence-corrected chi connectivity index (χ1v) is 16.1. The monoisotopic (exact) mass is 603 g/mol. The van der Waals surface area contributed by atoms with E-state index in [2.05, 4.69) is 55.8 Å². The number of nitrogens with zero attached hydrogens (tertiary/aromatic N) is 4. The van der Waals surface area contributed by atoms with Crippen molar-refractivity contribution >= 4 is 44.7 Å². The molecule has 1 spiro atoms. The van der Waals surface area contributed by atoms with Crippen LogP contribution in [0.3, 0.4) is 0 Å². The van der Waals surface area contributed by atoms with Gasteiger partial charge in [-0.15, -0.1) is 6.58 Å². The van der Waals surface area contributed by atoms with Crippen molar-refractivity contribution in [3.63, 3.8) is 0 Å². The van der Waals surface area contributed by atoms with E-state index in [4.69, 9.17) is 23.2 Å². The molecule has 2 saturated heterocycles. The number of aliphatic hydroxyl groups is 1. The second-order valence-corrected chi connectivity index (χ2v) is 13.9. The first-order chi connectivity index (χ1) is 19.1. The van der Waals surface area contributed by atoms with Gasteiger partial charge >= 0.3 is 0 Å². The van der Waals surface area contributed by atoms with Gasteiger partial charge in [0.1, 0.15) is 5.82 Å². The molecule has 1 aromatic heterocycles. The molecule has 214 valence electrons. The molecule has 6 rings (SSSR count). The first kappa shape index (κ1) is 28.0. The normalized spacial score (nSPS) is 31.2. The Kier molecular flexibility index (Phi) is 7.21. The van der Waals surface area contributed by atoms with Crippen molar-refractivity contribution in [2.45, 2.75) is 48.9 Å². The van der Waals surface area contributed by atoms with Crippen LogP contribution in [0, 0.1) is 5.92 Å². The molecule has 4 atom stereocenters. The Hall–Kier alpha value is -2.14. The lowest BCUT2D eigenvalue weighted by atomic mass is 9.93. The van der Waals surface area contributed by atoms with E-state index in [9.17, 15) is 13.5 Å². The van der Waals surface area contributed by atoms with Crippen LogP contribution in [0.1, 0.15) is 31.2 Å². The summed E-state index contributed by atoms with van der Waals surface area (Å²) in [6.07, 6.45) is 7.14. The number of hydrogen-bond acceptors (Lipinski definition) is 7. The highest BCUT2D eigenvalue weighted by atomic mass is 35.5. The minimum atomic E-state index is -3.63. The third-order valence-electron chi connectivity index (χ3n) is 9.35. The van der Waals surface area contributed by atoms with Crippen molar-refractivity contribution in [1.82, 2.24) is 14.8 Å². The van der Waals surface area contributed by atoms with E-state index in [-0.39, 0.29) is 17.2 Å². The summed E-state index contributed by atoms with van der Waals surface area (Å²) < 4.78 is 26.1. The van der Waals surface area contributed by atoms with Gasteiger partial charge in [-0.05, 0) is 48.9 Å². The number of aromatic nitrogens is 1. The SMILES string of the molecule is C=C[C@@H]1CC12CN(c1ncc(NS(=O)(=O)C=C)cc1Cl)CCN2C1CCN(C2(c3ccc(Cl)cc3)C[C@H]2O)CC1. The molecule has 4 fully saturated rings. The smallest absolute Gasteiger partial charge is 0.254 e. The number of anilines is 2. The topological polar surface area (TPSA) is 89.0 Å². The molecule has 1 aromatic carbocycles. The fourth-order valence-electron chi connectivity index (χ4n) is 7.12. The van der Waals surface area contributed by atoms with Gasteiger partial charge in [0.15, 0.2) is 0 Å². The number of rotatable bonds is 8. The van der Waals surface area contributed by atoms with Crippen LogP contribution >= 0.6 is 23.2 Å². The Balaban J connectivity index is 1.15. The van der Waals surface area contributed by atoms with E-state index in [0.29, 0.717) is 33.5 Å². The van der Waals surface area contributed by atoms with E-state index >= 15 is 0 Å². The molecule has 3 heterocycles. The lowest BCUT2D eigenvalue weighted by Crippen LogP contribution is -2.61. The van der Waals surface area contributed by atoms with Crippen molar-refractivity contribution in [1.29, 1.82) is 0 Å². The summed E-state index contributed by atoms with van der Waals surface area (Å²) in [7, 11) is -3.63. The zero-order valence-corrected chi connectivity index (χ0v) is 24.7. The van der Waals surface area contributed by atoms with E-state index in [0.717, 1.165) is 69.4 Å². The van der Waals surface area contributed by atoms with Gasteiger partial charge < -0.3 is 10.0 Å². The number of likely N-dealkylation sites (tertiary alicyclic amines) is 1. The fourth-order valence-corrected chi connectivity index (χ4v) is 8.06. The van der Waals surface area contributed by atoms with Gasteiger partial charge in [0.25, 0.3) is 10.0 Å². The van der Waals surface area contributed by atoms with E-state index < -0.39 is 10.0 Å². The Labute approximate surface area is 246 Å². The molecule has 2 N–H and O–H groups in total. The maximum absolute atomic E-state index is 11.8. The summed E-state index contributed by atoms with van der Waals surface area (Å²) in [6.45, 7) is 11.8. The molecule has 2 unspecified atom stereocenters. The quantitative estimate of drug-likeness (QED) is 0.430. The van der Waals surface area contributed by atoms with Gasteiger partial charge in [-0.25, -0.2) is 13.4 Å². The van der Waals surface area contributed by atoms with E-state index in [1.54, 1.807) is 6.07 Å². The van der Waals surface area contributed by atoms with Crippen LogP contribution in [0.25, 0.3) is 0 Å². The molecule has 8 nitrogen and oxygen atoms in total. The number of sulfonamides is 1. The molecule has 2 aromatic rings. The molecule has 0 amide bonds. The maximum Gasteiger partial charge on any atom is 0.254 e. The van der Waals surface area contributed by atoms with Gasteiger partial charge in [-0.3, -0.25) is 14.5 Å². The van der Waals surface area contributed by atoms with Crippen LogP contribution in [-0.2, 0) is 15.6 Å². The number of hydrogen-bond donors (Lipinski definition) is 2. The maximum atomic E-state index is 11.8. The number of benzene rings is 1. The van der Waals surface area contributed by atoms with Gasteiger partial charge in [0.05, 0.1) is 28.5 Å². The third kappa shape index (κ3) is 4.84. The summed E-state index contributed by atoms with van der Waals surface area (Å²) in [5, 5.41) is 12.7. The van der Waals surface area contributed by atoms with Gasteiger partial charge in [0.2, 0.25) is 0 Å². The number of piperazine rings is 1. The highest BCUT2D eigenvalue weighted by molar-refractivity contribution is 7.95. The molecule has 2 saturated carbocycles. The molecule has 40 heavy (non-hydrogen) atoms. The molecular weight excluding hydrogens is 569 g/mol. The average molecular weight is 605 g/mol. The second kappa shape index (κ2) is 10.3. The summed E-state index contributed by atoms with van der Waals surface area (Å²) in [5.74, 6) is 1.07. The van der Waals surface area contributed by atoms with Crippen LogP contribution in [0.4, 0.5) is 11.5 Å². The van der Waals surface area contributed by atoms with Crippen molar-refractivity contribution in [3.05, 3.63) is 76.8 Å². The van der Waals surface area contributed by atoms with Crippen LogP contribution < -0.4 is 9.62 Å². The van der Waals surface area contributed by atoms with Crippen LogP contribution in [0.15, 0.2) is 61.2 Å². The van der Waals surface area contributed by atoms with Crippen molar-refractivity contribution in [3.8, 4) is 0 Å². The lowest BCUT2D eigenvalue weighted by molar-refractivity contribution is 0.0214. The zero-order valence-electron chi connectivity index (χ0n) is 22.3. The van der Waals surface area contributed by atoms with Crippen molar-refractivity contribution in [2.24, 2.45) is 5.92 Å². The predicted molar refractivity (Wildman–Crippen MR) is 160 cm³/mol. The molecule has 2 aliphatic carbocycles. The van der Waals surface area contributed by atoms with Gasteiger partial charge in [-0.2, -0.15) is 0 Å². The summed E-state index contributed by atoms with van der Waals surface area (Å²) in [6, 6.07) is 9.99. The van der Waals surface area contributed by atoms with Crippen LogP contribution in [0.2, 0.25) is 10.0 Å². The highest BCUT2D eigenvalue weighted by Crippen LogP contribution is 2.55. The highest BCUT2D eigenvalue weighted by Gasteiger charge is 2.62. The minimum absolute atomic E-state index is 0.00604. The standard InChI is InChI=1S/C29H35Cl2N5O3S/c1-3-20-16-28(20)19-34(27-25(31)15-23(18-32-27)33-40(38,39)4-2)13-14-36(28)24-9-11-35(12-10-24)29(17-26(29)37)21-5-7-22(30)8-6-21/h3-8,15,18,20,24,26,33,37H,1-2,9-14,16-17,19H2/t20-,26-,28?,29?/m1/s1. The fraction of sp³-hybridized carbons (Fsp3) is 0.483. The molecular formula is C29H35Cl2N5O3S. The number of nitrogens with one attached hydrogen (secondary N) is 1. The third-order valence-corrected chi connectivity index (χ3v) is 10.8. The number of halogens is 2. The Morgan fingerprint density at radius 3 is 2.35 bits per heavy atom. The van der Waals surface area contributed by atoms with Gasteiger partial charge in [-0.1, -0.05) is 48.0 Å². The Bertz CT molecular complexity index is 1420. The van der Waals surface area contributed by atoms with Gasteiger partial charge in [0, 0.05) is 61.2 Å². The van der Waals surface area contributed by atoms with E-state index in [1.165, 1.54) is 6.20 Å². The number of pyridine rings is 1. The number of piperidine rings is 1. The Morgan fingerprint density at radius 1 is 1.07 bits per heavy atom. The Morgan fingerprint density at radius 2 is 1.77 bits per heavy atom. The number of aliphatic hydroxyl groups excluding tert-OH is 1. The van der Waals surface area contributed by atoms with Crippen molar-refractivity contribution in [2.75, 3.05) is 42.3 Å². The molecule has 2 aliphatic heterocycles. The van der Waals surface area contributed by atoms with E-state index in [1.807, 2.05) is 12.1 Å². The molecule has 4 aliphatic rings. The first-order valence-electron chi connectivity index (χ1n) is 13.8. The summed E-state index contributed by atoms with van der Waals surface area (Å²) in [5.41, 5.74) is 1.16. The molecule has 0 bridgehead atoms. The zero-order chi connectivity index (χ0) is 28.3. The second-order valence-electron chi connectivity index (χ2n) is 11.5. The van der Waals surface area contributed by atoms with Crippen LogP contribution in [0.5, 0.6) is 0 Å². The predicted octanol–water partition coefficient (Wildman–Crippen LogP) is 4.46. The summed E-state index contributed by atoms with van der Waals surface area (Å²) in [4.78, 5) is 11.9. The van der Waals surface area contributed by atoms with Crippen molar-refractivity contribution < 1.29 is 13.5 Å². The van der Waals surface area contributed by atoms with Crippen LogP contribution in [-0.4, -0.2) is 78.7 Å². The molecule has 0 radical (unpaired) electrons. The largest absolute Gasteiger partial charge is 0.391 e. The molecule has 11 heteroatoms. The lowest BCUT2D eigenvalue weighted by Gasteiger charge is -2.50. The average Bonchev–Trinajstić information content (AvgIpc) is 3.83. The summed E-state index contributed by atoms with van der Waals surface area (Å²) >= 11 is 12.7.